The monoisotopic (exact) mass is 265 g/mol. The molecule has 1 rings (SSSR count). The average molecular weight is 265 g/mol. The molecular weight excluding hydrogens is 242 g/mol. The van der Waals surface area contributed by atoms with Gasteiger partial charge in [-0.15, -0.1) is 0 Å². The molecule has 0 spiro atoms. The SMILES string of the molecule is CC[C@@H](Oc1ccc(OC)cc1)C(=O)NC(C)(C)C. The normalized spacial score (nSPS) is 12.7. The Hall–Kier alpha value is -1.71. The zero-order valence-corrected chi connectivity index (χ0v) is 12.3. The van der Waals surface area contributed by atoms with Crippen molar-refractivity contribution in [3.63, 3.8) is 0 Å². The molecule has 0 bridgehead atoms. The Balaban J connectivity index is 2.67. The fourth-order valence-corrected chi connectivity index (χ4v) is 1.59. The Labute approximate surface area is 115 Å². The van der Waals surface area contributed by atoms with E-state index in [1.54, 1.807) is 19.2 Å². The third-order valence-corrected chi connectivity index (χ3v) is 2.50. The minimum absolute atomic E-state index is 0.0918. The molecule has 0 aromatic heterocycles. The lowest BCUT2D eigenvalue weighted by molar-refractivity contribution is -0.129. The third kappa shape index (κ3) is 5.20. The number of carbonyl (C=O) groups excluding carboxylic acids is 1. The summed E-state index contributed by atoms with van der Waals surface area (Å²) in [6, 6.07) is 7.21. The second-order valence-electron chi connectivity index (χ2n) is 5.43. The van der Waals surface area contributed by atoms with E-state index in [4.69, 9.17) is 9.47 Å². The first-order chi connectivity index (χ1) is 8.85. The molecule has 1 aromatic rings. The zero-order valence-electron chi connectivity index (χ0n) is 12.3. The van der Waals surface area contributed by atoms with Crippen molar-refractivity contribution in [1.82, 2.24) is 5.32 Å². The van der Waals surface area contributed by atoms with Crippen LogP contribution in [0, 0.1) is 0 Å². The molecule has 4 nitrogen and oxygen atoms in total. The number of hydrogen-bond donors (Lipinski definition) is 1. The van der Waals surface area contributed by atoms with E-state index in [-0.39, 0.29) is 11.4 Å². The first-order valence-corrected chi connectivity index (χ1v) is 6.48. The van der Waals surface area contributed by atoms with Gasteiger partial charge in [0.05, 0.1) is 7.11 Å². The Morgan fingerprint density at radius 1 is 1.21 bits per heavy atom. The van der Waals surface area contributed by atoms with Gasteiger partial charge in [-0.25, -0.2) is 0 Å². The van der Waals surface area contributed by atoms with Crippen LogP contribution >= 0.6 is 0 Å². The van der Waals surface area contributed by atoms with Crippen molar-refractivity contribution < 1.29 is 14.3 Å². The number of hydrogen-bond acceptors (Lipinski definition) is 3. The minimum atomic E-state index is -0.479. The van der Waals surface area contributed by atoms with Crippen molar-refractivity contribution >= 4 is 5.91 Å². The molecule has 0 fully saturated rings. The number of carbonyl (C=O) groups is 1. The molecule has 1 aromatic carbocycles. The molecule has 1 amide bonds. The second kappa shape index (κ2) is 6.45. The van der Waals surface area contributed by atoms with Crippen LogP contribution in [0.3, 0.4) is 0 Å². The second-order valence-corrected chi connectivity index (χ2v) is 5.43. The highest BCUT2D eigenvalue weighted by Gasteiger charge is 2.22. The first kappa shape index (κ1) is 15.3. The van der Waals surface area contributed by atoms with Gasteiger partial charge in [-0.2, -0.15) is 0 Å². The largest absolute Gasteiger partial charge is 0.497 e. The summed E-state index contributed by atoms with van der Waals surface area (Å²) < 4.78 is 10.8. The van der Waals surface area contributed by atoms with E-state index in [0.717, 1.165) is 5.75 Å². The van der Waals surface area contributed by atoms with E-state index in [9.17, 15) is 4.79 Å². The Morgan fingerprint density at radius 3 is 2.16 bits per heavy atom. The van der Waals surface area contributed by atoms with Crippen molar-refractivity contribution in [3.05, 3.63) is 24.3 Å². The highest BCUT2D eigenvalue weighted by Crippen LogP contribution is 2.19. The predicted octanol–water partition coefficient (Wildman–Crippen LogP) is 2.77. The molecule has 19 heavy (non-hydrogen) atoms. The summed E-state index contributed by atoms with van der Waals surface area (Å²) in [5.41, 5.74) is -0.256. The van der Waals surface area contributed by atoms with Gasteiger partial charge in [0.2, 0.25) is 0 Å². The Kier molecular flexibility index (Phi) is 5.21. The molecule has 0 saturated heterocycles. The minimum Gasteiger partial charge on any atom is -0.497 e. The lowest BCUT2D eigenvalue weighted by Gasteiger charge is -2.24. The molecule has 106 valence electrons. The van der Waals surface area contributed by atoms with Crippen LogP contribution in [-0.4, -0.2) is 24.7 Å². The van der Waals surface area contributed by atoms with Crippen molar-refractivity contribution in [2.45, 2.75) is 45.8 Å². The van der Waals surface area contributed by atoms with E-state index in [0.29, 0.717) is 12.2 Å². The van der Waals surface area contributed by atoms with Crippen molar-refractivity contribution in [2.75, 3.05) is 7.11 Å². The molecule has 1 atom stereocenters. The number of nitrogens with one attached hydrogen (secondary N) is 1. The fourth-order valence-electron chi connectivity index (χ4n) is 1.59. The van der Waals surface area contributed by atoms with Crippen LogP contribution in [0.1, 0.15) is 34.1 Å². The average Bonchev–Trinajstić information content (AvgIpc) is 2.34. The summed E-state index contributed by atoms with van der Waals surface area (Å²) in [6.07, 6.45) is 0.140. The van der Waals surface area contributed by atoms with Crippen molar-refractivity contribution in [1.29, 1.82) is 0 Å². The van der Waals surface area contributed by atoms with Crippen LogP contribution in [0.15, 0.2) is 24.3 Å². The molecule has 0 aliphatic heterocycles. The molecular formula is C15H23NO3. The van der Waals surface area contributed by atoms with Gasteiger partial charge in [-0.3, -0.25) is 4.79 Å². The molecule has 4 heteroatoms. The van der Waals surface area contributed by atoms with Crippen LogP contribution in [0.2, 0.25) is 0 Å². The Morgan fingerprint density at radius 2 is 1.74 bits per heavy atom. The van der Waals surface area contributed by atoms with Gasteiger partial charge in [-0.1, -0.05) is 6.92 Å². The summed E-state index contributed by atoms with van der Waals surface area (Å²) in [7, 11) is 1.61. The lowest BCUT2D eigenvalue weighted by atomic mass is 10.1. The van der Waals surface area contributed by atoms with E-state index in [2.05, 4.69) is 5.32 Å². The molecule has 0 aliphatic carbocycles. The maximum Gasteiger partial charge on any atom is 0.261 e. The highest BCUT2D eigenvalue weighted by atomic mass is 16.5. The molecule has 0 aliphatic rings. The van der Waals surface area contributed by atoms with Crippen molar-refractivity contribution in [3.8, 4) is 11.5 Å². The van der Waals surface area contributed by atoms with Gasteiger partial charge < -0.3 is 14.8 Å². The molecule has 1 N–H and O–H groups in total. The smallest absolute Gasteiger partial charge is 0.261 e. The van der Waals surface area contributed by atoms with Gasteiger partial charge in [0.25, 0.3) is 5.91 Å². The van der Waals surface area contributed by atoms with Gasteiger partial charge in [0, 0.05) is 5.54 Å². The maximum absolute atomic E-state index is 12.1. The van der Waals surface area contributed by atoms with Crippen LogP contribution in [-0.2, 0) is 4.79 Å². The summed E-state index contributed by atoms with van der Waals surface area (Å²) in [6.45, 7) is 7.78. The Bertz CT molecular complexity index is 406. The molecule has 0 heterocycles. The topological polar surface area (TPSA) is 47.6 Å². The summed E-state index contributed by atoms with van der Waals surface area (Å²) in [5, 5.41) is 2.92. The predicted molar refractivity (Wildman–Crippen MR) is 75.6 cm³/mol. The van der Waals surface area contributed by atoms with Gasteiger partial charge >= 0.3 is 0 Å². The summed E-state index contributed by atoms with van der Waals surface area (Å²) in [5.74, 6) is 1.34. The van der Waals surface area contributed by atoms with Crippen molar-refractivity contribution in [2.24, 2.45) is 0 Å². The fraction of sp³-hybridized carbons (Fsp3) is 0.533. The molecule has 0 radical (unpaired) electrons. The number of benzene rings is 1. The van der Waals surface area contributed by atoms with Gasteiger partial charge in [0.1, 0.15) is 11.5 Å². The van der Waals surface area contributed by atoms with Crippen LogP contribution < -0.4 is 14.8 Å². The lowest BCUT2D eigenvalue weighted by Crippen LogP contribution is -2.47. The number of amides is 1. The number of methoxy groups -OCH3 is 1. The number of ether oxygens (including phenoxy) is 2. The van der Waals surface area contributed by atoms with Crippen LogP contribution in [0.25, 0.3) is 0 Å². The van der Waals surface area contributed by atoms with Crippen LogP contribution in [0.4, 0.5) is 0 Å². The van der Waals surface area contributed by atoms with E-state index >= 15 is 0 Å². The summed E-state index contributed by atoms with van der Waals surface area (Å²) >= 11 is 0. The zero-order chi connectivity index (χ0) is 14.5. The van der Waals surface area contributed by atoms with Crippen LogP contribution in [0.5, 0.6) is 11.5 Å². The molecule has 0 unspecified atom stereocenters. The van der Waals surface area contributed by atoms with E-state index in [1.165, 1.54) is 0 Å². The summed E-state index contributed by atoms with van der Waals surface area (Å²) in [4.78, 5) is 12.1. The van der Waals surface area contributed by atoms with Gasteiger partial charge in [0.15, 0.2) is 6.10 Å². The number of rotatable bonds is 5. The standard InChI is InChI=1S/C15H23NO3/c1-6-13(14(17)16-15(2,3)4)19-12-9-7-11(18-5)8-10-12/h7-10,13H,6H2,1-5H3,(H,16,17)/t13-/m1/s1. The highest BCUT2D eigenvalue weighted by molar-refractivity contribution is 5.81. The maximum atomic E-state index is 12.1. The van der Waals surface area contributed by atoms with E-state index < -0.39 is 6.10 Å². The molecule has 0 saturated carbocycles. The first-order valence-electron chi connectivity index (χ1n) is 6.48. The van der Waals surface area contributed by atoms with E-state index in [1.807, 2.05) is 39.8 Å². The quantitative estimate of drug-likeness (QED) is 0.890. The van der Waals surface area contributed by atoms with Gasteiger partial charge in [-0.05, 0) is 51.5 Å². The third-order valence-electron chi connectivity index (χ3n) is 2.50.